The Kier molecular flexibility index (Phi) is 6.67. The maximum atomic E-state index is 11.1. The van der Waals surface area contributed by atoms with Gasteiger partial charge in [0.05, 0.1) is 5.66 Å². The maximum absolute atomic E-state index is 11.1. The first-order valence-corrected chi connectivity index (χ1v) is 7.13. The minimum absolute atomic E-state index is 0.0671. The largest absolute Gasteiger partial charge is 0.328 e. The van der Waals surface area contributed by atoms with E-state index in [1.165, 1.54) is 0 Å². The normalized spacial score (nSPS) is 14.7. The summed E-state index contributed by atoms with van der Waals surface area (Å²) in [6, 6.07) is 0. The van der Waals surface area contributed by atoms with Crippen LogP contribution in [-0.2, 0) is 4.57 Å². The second-order valence-electron chi connectivity index (χ2n) is 4.25. The van der Waals surface area contributed by atoms with Gasteiger partial charge in [-0.1, -0.05) is 46.5 Å². The van der Waals surface area contributed by atoms with Gasteiger partial charge in [-0.3, -0.25) is 4.57 Å². The van der Waals surface area contributed by atoms with Crippen LogP contribution in [0, 0.1) is 5.92 Å². The Hall–Kier alpha value is 0.150. The van der Waals surface area contributed by atoms with Crippen LogP contribution in [0.1, 0.15) is 52.9 Å². The van der Waals surface area contributed by atoms with Gasteiger partial charge < -0.3 is 9.79 Å². The molecule has 0 saturated carbocycles. The highest BCUT2D eigenvalue weighted by Gasteiger charge is 2.30. The molecular formula is C10H23O3P. The van der Waals surface area contributed by atoms with Gasteiger partial charge in [-0.2, -0.15) is 0 Å². The van der Waals surface area contributed by atoms with E-state index in [4.69, 9.17) is 9.79 Å². The molecule has 0 saturated heterocycles. The lowest BCUT2D eigenvalue weighted by molar-refractivity contribution is 0.333. The Morgan fingerprint density at radius 2 is 1.71 bits per heavy atom. The summed E-state index contributed by atoms with van der Waals surface area (Å²) in [6.45, 7) is 5.88. The van der Waals surface area contributed by atoms with Crippen LogP contribution < -0.4 is 0 Å². The second-order valence-corrected chi connectivity index (χ2v) is 6.09. The molecule has 0 bridgehead atoms. The van der Waals surface area contributed by atoms with E-state index in [9.17, 15) is 4.57 Å². The summed E-state index contributed by atoms with van der Waals surface area (Å²) in [5, 5.41) is 0. The van der Waals surface area contributed by atoms with Crippen molar-refractivity contribution in [2.75, 3.05) is 0 Å². The molecule has 1 unspecified atom stereocenters. The van der Waals surface area contributed by atoms with Crippen LogP contribution >= 0.6 is 7.60 Å². The average Bonchev–Trinajstić information content (AvgIpc) is 2.01. The number of hydrogen-bond acceptors (Lipinski definition) is 1. The van der Waals surface area contributed by atoms with Crippen LogP contribution in [0.2, 0.25) is 0 Å². The molecule has 0 aliphatic heterocycles. The maximum Gasteiger partial charge on any atom is 0.328 e. The highest BCUT2D eigenvalue weighted by molar-refractivity contribution is 7.52. The molecule has 0 aromatic carbocycles. The van der Waals surface area contributed by atoms with E-state index >= 15 is 0 Å². The lowest BCUT2D eigenvalue weighted by Crippen LogP contribution is -2.15. The standard InChI is InChI=1S/C10H23O3P/c1-4-5-6-7-8-10(9(2)3)14(11,12)13/h9-10H,4-8H2,1-3H3,(H2,11,12,13). The topological polar surface area (TPSA) is 57.5 Å². The van der Waals surface area contributed by atoms with Crippen LogP contribution in [-0.4, -0.2) is 15.4 Å². The first kappa shape index (κ1) is 14.2. The molecule has 0 spiro atoms. The SMILES string of the molecule is CCCCCCC(C(C)C)P(=O)(O)O. The lowest BCUT2D eigenvalue weighted by atomic mass is 10.0. The van der Waals surface area contributed by atoms with Gasteiger partial charge in [0.2, 0.25) is 0 Å². The van der Waals surface area contributed by atoms with Gasteiger partial charge in [-0.25, -0.2) is 0 Å². The van der Waals surface area contributed by atoms with Crippen LogP contribution in [0.15, 0.2) is 0 Å². The first-order valence-electron chi connectivity index (χ1n) is 5.44. The summed E-state index contributed by atoms with van der Waals surface area (Å²) in [5.41, 5.74) is -0.445. The van der Waals surface area contributed by atoms with Crippen molar-refractivity contribution < 1.29 is 14.4 Å². The molecule has 0 heterocycles. The molecule has 4 heteroatoms. The minimum Gasteiger partial charge on any atom is -0.324 e. The Morgan fingerprint density at radius 3 is 2.07 bits per heavy atom. The lowest BCUT2D eigenvalue weighted by Gasteiger charge is -2.21. The molecule has 14 heavy (non-hydrogen) atoms. The number of hydrogen-bond donors (Lipinski definition) is 2. The van der Waals surface area contributed by atoms with E-state index < -0.39 is 13.3 Å². The fourth-order valence-corrected chi connectivity index (χ4v) is 2.97. The monoisotopic (exact) mass is 222 g/mol. The van der Waals surface area contributed by atoms with Crippen molar-refractivity contribution in [3.63, 3.8) is 0 Å². The van der Waals surface area contributed by atoms with Crippen molar-refractivity contribution in [2.45, 2.75) is 58.5 Å². The third-order valence-electron chi connectivity index (χ3n) is 2.56. The third-order valence-corrected chi connectivity index (χ3v) is 4.27. The molecule has 0 radical (unpaired) electrons. The van der Waals surface area contributed by atoms with Crippen molar-refractivity contribution >= 4 is 7.60 Å². The summed E-state index contributed by atoms with van der Waals surface area (Å²) in [7, 11) is -3.88. The highest BCUT2D eigenvalue weighted by Crippen LogP contribution is 2.47. The van der Waals surface area contributed by atoms with E-state index in [-0.39, 0.29) is 5.92 Å². The molecule has 2 N–H and O–H groups in total. The molecule has 1 atom stereocenters. The van der Waals surface area contributed by atoms with Crippen LogP contribution in [0.5, 0.6) is 0 Å². The molecule has 0 aromatic heterocycles. The van der Waals surface area contributed by atoms with E-state index in [2.05, 4.69) is 6.92 Å². The molecule has 3 nitrogen and oxygen atoms in total. The van der Waals surface area contributed by atoms with E-state index in [0.717, 1.165) is 25.7 Å². The average molecular weight is 222 g/mol. The quantitative estimate of drug-likeness (QED) is 0.514. The molecule has 0 aliphatic rings. The number of unbranched alkanes of at least 4 members (excludes halogenated alkanes) is 3. The first-order chi connectivity index (χ1) is 6.39. The number of rotatable bonds is 7. The van der Waals surface area contributed by atoms with Crippen LogP contribution in [0.4, 0.5) is 0 Å². The summed E-state index contributed by atoms with van der Waals surface area (Å²) in [5.74, 6) is 0.0671. The van der Waals surface area contributed by atoms with Gasteiger partial charge in [-0.05, 0) is 12.3 Å². The zero-order valence-corrected chi connectivity index (χ0v) is 10.3. The van der Waals surface area contributed by atoms with Gasteiger partial charge in [-0.15, -0.1) is 0 Å². The fraction of sp³-hybridized carbons (Fsp3) is 1.00. The van der Waals surface area contributed by atoms with Gasteiger partial charge in [0.1, 0.15) is 0 Å². The zero-order chi connectivity index (χ0) is 11.2. The molecule has 0 fully saturated rings. The van der Waals surface area contributed by atoms with Gasteiger partial charge in [0.15, 0.2) is 0 Å². The predicted octanol–water partition coefficient (Wildman–Crippen LogP) is 3.16. The Balaban J connectivity index is 3.94. The van der Waals surface area contributed by atoms with Crippen molar-refractivity contribution in [3.05, 3.63) is 0 Å². The molecule has 0 amide bonds. The molecule has 0 rings (SSSR count). The Morgan fingerprint density at radius 1 is 1.14 bits per heavy atom. The molecular weight excluding hydrogens is 199 g/mol. The smallest absolute Gasteiger partial charge is 0.324 e. The molecule has 0 aromatic rings. The van der Waals surface area contributed by atoms with Crippen LogP contribution in [0.3, 0.4) is 0 Å². The van der Waals surface area contributed by atoms with E-state index in [1.54, 1.807) is 0 Å². The molecule has 0 aliphatic carbocycles. The third kappa shape index (κ3) is 5.79. The predicted molar refractivity (Wildman–Crippen MR) is 59.4 cm³/mol. The summed E-state index contributed by atoms with van der Waals surface area (Å²) >= 11 is 0. The Labute approximate surface area is 87.1 Å². The summed E-state index contributed by atoms with van der Waals surface area (Å²) in [4.78, 5) is 18.2. The van der Waals surface area contributed by atoms with Crippen molar-refractivity contribution in [1.82, 2.24) is 0 Å². The zero-order valence-electron chi connectivity index (χ0n) is 9.44. The minimum atomic E-state index is -3.88. The van der Waals surface area contributed by atoms with E-state index in [0.29, 0.717) is 6.42 Å². The Bertz CT molecular complexity index is 186. The van der Waals surface area contributed by atoms with Crippen LogP contribution in [0.25, 0.3) is 0 Å². The van der Waals surface area contributed by atoms with Crippen molar-refractivity contribution in [1.29, 1.82) is 0 Å². The van der Waals surface area contributed by atoms with Gasteiger partial charge >= 0.3 is 7.60 Å². The summed E-state index contributed by atoms with van der Waals surface area (Å²) in [6.07, 6.45) is 4.98. The second kappa shape index (κ2) is 6.60. The van der Waals surface area contributed by atoms with Crippen molar-refractivity contribution in [3.8, 4) is 0 Å². The summed E-state index contributed by atoms with van der Waals surface area (Å²) < 4.78 is 11.1. The molecule has 86 valence electrons. The van der Waals surface area contributed by atoms with Gasteiger partial charge in [0, 0.05) is 0 Å². The highest BCUT2D eigenvalue weighted by atomic mass is 31.2. The van der Waals surface area contributed by atoms with Crippen molar-refractivity contribution in [2.24, 2.45) is 5.92 Å². The van der Waals surface area contributed by atoms with E-state index in [1.807, 2.05) is 13.8 Å². The van der Waals surface area contributed by atoms with Gasteiger partial charge in [0.25, 0.3) is 0 Å². The fourth-order valence-electron chi connectivity index (χ4n) is 1.67.